The van der Waals surface area contributed by atoms with Crippen molar-refractivity contribution in [1.29, 1.82) is 0 Å². The molecule has 2 aliphatic rings. The smallest absolute Gasteiger partial charge is 0.418 e. The fourth-order valence-corrected chi connectivity index (χ4v) is 4.50. The molecule has 4 rings (SSSR count). The molecular weight excluding hydrogens is 456 g/mol. The summed E-state index contributed by atoms with van der Waals surface area (Å²) in [4.78, 5) is 28.5. The molecule has 33 heavy (non-hydrogen) atoms. The SMILES string of the molecule is CN(C)C(=O)C1c2c(c(COc3ccc(CN)cc3)nn2C)C2CN1C(=O)N2OS(=O)(=O)O. The van der Waals surface area contributed by atoms with Crippen LogP contribution in [0.5, 0.6) is 5.75 Å². The number of nitrogens with two attached hydrogens (primary N) is 1. The predicted octanol–water partition coefficient (Wildman–Crippen LogP) is 0.114. The van der Waals surface area contributed by atoms with Crippen LogP contribution in [0.2, 0.25) is 0 Å². The maximum atomic E-state index is 13.0. The number of carbonyl (C=O) groups excluding carboxylic acids is 2. The van der Waals surface area contributed by atoms with Gasteiger partial charge in [-0.3, -0.25) is 14.0 Å². The Morgan fingerprint density at radius 1 is 1.30 bits per heavy atom. The van der Waals surface area contributed by atoms with Crippen LogP contribution < -0.4 is 10.5 Å². The summed E-state index contributed by atoms with van der Waals surface area (Å²) in [5.41, 5.74) is 7.79. The zero-order valence-corrected chi connectivity index (χ0v) is 19.0. The Kier molecular flexibility index (Phi) is 5.78. The number of nitrogens with zero attached hydrogens (tertiary/aromatic N) is 5. The highest BCUT2D eigenvalue weighted by Gasteiger charge is 2.55. The molecule has 0 spiro atoms. The Hall–Kier alpha value is -3.20. The molecule has 0 aliphatic carbocycles. The number of aryl methyl sites for hydroxylation is 1. The van der Waals surface area contributed by atoms with Gasteiger partial charge in [0.1, 0.15) is 24.1 Å². The van der Waals surface area contributed by atoms with Crippen LogP contribution in [0.15, 0.2) is 24.3 Å². The molecule has 2 atom stereocenters. The first-order valence-electron chi connectivity index (χ1n) is 9.97. The largest absolute Gasteiger partial charge is 0.487 e. The molecule has 0 saturated carbocycles. The van der Waals surface area contributed by atoms with E-state index in [1.54, 1.807) is 33.3 Å². The number of hydrogen-bond acceptors (Lipinski definition) is 8. The minimum Gasteiger partial charge on any atom is -0.487 e. The highest BCUT2D eigenvalue weighted by atomic mass is 32.3. The third-order valence-corrected chi connectivity index (χ3v) is 5.93. The quantitative estimate of drug-likeness (QED) is 0.524. The van der Waals surface area contributed by atoms with E-state index in [2.05, 4.69) is 9.38 Å². The van der Waals surface area contributed by atoms with Crippen LogP contribution in [0.25, 0.3) is 0 Å². The number of benzene rings is 1. The average molecular weight is 481 g/mol. The lowest BCUT2D eigenvalue weighted by molar-refractivity contribution is -0.134. The van der Waals surface area contributed by atoms with Crippen LogP contribution in [0.3, 0.4) is 0 Å². The molecule has 1 saturated heterocycles. The van der Waals surface area contributed by atoms with Crippen molar-refractivity contribution in [2.24, 2.45) is 12.8 Å². The monoisotopic (exact) mass is 480 g/mol. The van der Waals surface area contributed by atoms with Crippen LogP contribution in [-0.4, -0.2) is 70.2 Å². The van der Waals surface area contributed by atoms with Crippen molar-refractivity contribution in [3.8, 4) is 5.75 Å². The molecule has 2 bridgehead atoms. The zero-order chi connectivity index (χ0) is 24.1. The van der Waals surface area contributed by atoms with Crippen molar-refractivity contribution >= 4 is 22.3 Å². The van der Waals surface area contributed by atoms with Gasteiger partial charge in [0, 0.05) is 33.3 Å². The number of amides is 3. The van der Waals surface area contributed by atoms with Crippen LogP contribution >= 0.6 is 0 Å². The fraction of sp³-hybridized carbons (Fsp3) is 0.421. The molecule has 13 nitrogen and oxygen atoms in total. The minimum atomic E-state index is -4.99. The maximum Gasteiger partial charge on any atom is 0.418 e. The highest BCUT2D eigenvalue weighted by Crippen LogP contribution is 2.46. The zero-order valence-electron chi connectivity index (χ0n) is 18.2. The van der Waals surface area contributed by atoms with E-state index < -0.39 is 34.4 Å². The summed E-state index contributed by atoms with van der Waals surface area (Å²) in [5.74, 6) is 0.156. The van der Waals surface area contributed by atoms with Gasteiger partial charge in [0.15, 0.2) is 6.04 Å². The summed E-state index contributed by atoms with van der Waals surface area (Å²) in [5, 5.41) is 5.03. The molecule has 14 heteroatoms. The van der Waals surface area contributed by atoms with Gasteiger partial charge in [-0.25, -0.2) is 4.79 Å². The summed E-state index contributed by atoms with van der Waals surface area (Å²) in [6.45, 7) is 0.346. The van der Waals surface area contributed by atoms with E-state index in [-0.39, 0.29) is 13.2 Å². The number of carbonyl (C=O) groups is 2. The topological polar surface area (TPSA) is 161 Å². The van der Waals surface area contributed by atoms with E-state index in [1.807, 2.05) is 12.1 Å². The molecule has 178 valence electrons. The third-order valence-electron chi connectivity index (χ3n) is 5.58. The van der Waals surface area contributed by atoms with Crippen LogP contribution in [0.4, 0.5) is 4.79 Å². The molecular formula is C19H24N6O7S. The standard InChI is InChI=1S/C19H24N6O7S/c1-22(2)18(26)17-16-15(14-9-24(17)19(27)25(14)32-33(28,29)30)13(21-23(16)3)10-31-12-6-4-11(8-20)5-7-12/h4-7,14,17H,8-10,20H2,1-3H3,(H,28,29,30). The number of ether oxygens (including phenoxy) is 1. The molecule has 2 aliphatic heterocycles. The average Bonchev–Trinajstić information content (AvgIpc) is 3.22. The molecule has 1 fully saturated rings. The lowest BCUT2D eigenvalue weighted by Gasteiger charge is -2.32. The highest BCUT2D eigenvalue weighted by molar-refractivity contribution is 7.80. The van der Waals surface area contributed by atoms with Crippen LogP contribution in [0, 0.1) is 0 Å². The molecule has 1 aromatic carbocycles. The van der Waals surface area contributed by atoms with Crippen LogP contribution in [0.1, 0.15) is 34.6 Å². The van der Waals surface area contributed by atoms with Gasteiger partial charge in [-0.05, 0) is 17.7 Å². The van der Waals surface area contributed by atoms with Crippen molar-refractivity contribution in [2.75, 3.05) is 20.6 Å². The summed E-state index contributed by atoms with van der Waals surface area (Å²) in [6, 6.07) is 4.32. The normalized spacial score (nSPS) is 19.6. The molecule has 3 amide bonds. The number of rotatable bonds is 7. The van der Waals surface area contributed by atoms with Gasteiger partial charge in [0.05, 0.1) is 12.2 Å². The number of hydroxylamine groups is 2. The molecule has 2 unspecified atom stereocenters. The molecule has 2 aromatic rings. The van der Waals surface area contributed by atoms with Gasteiger partial charge < -0.3 is 20.3 Å². The summed E-state index contributed by atoms with van der Waals surface area (Å²) >= 11 is 0. The van der Waals surface area contributed by atoms with E-state index >= 15 is 0 Å². The number of urea groups is 1. The van der Waals surface area contributed by atoms with Crippen molar-refractivity contribution < 1.29 is 31.6 Å². The third kappa shape index (κ3) is 4.13. The van der Waals surface area contributed by atoms with E-state index in [0.717, 1.165) is 5.56 Å². The van der Waals surface area contributed by atoms with E-state index in [1.165, 1.54) is 14.5 Å². The number of aromatic nitrogens is 2. The minimum absolute atomic E-state index is 0.0155. The first-order valence-corrected chi connectivity index (χ1v) is 11.3. The Bertz CT molecular complexity index is 1190. The second-order valence-corrected chi connectivity index (χ2v) is 8.92. The molecule has 1 aromatic heterocycles. The van der Waals surface area contributed by atoms with Crippen molar-refractivity contribution in [3.05, 3.63) is 46.8 Å². The van der Waals surface area contributed by atoms with Gasteiger partial charge >= 0.3 is 16.4 Å². The number of hydrogen-bond donors (Lipinski definition) is 2. The van der Waals surface area contributed by atoms with E-state index in [9.17, 15) is 22.6 Å². The number of fused-ring (bicyclic) bond motifs is 4. The molecule has 3 N–H and O–H groups in total. The first-order chi connectivity index (χ1) is 15.5. The second-order valence-electron chi connectivity index (χ2n) is 7.92. The lowest BCUT2D eigenvalue weighted by atomic mass is 9.94. The summed E-state index contributed by atoms with van der Waals surface area (Å²) < 4.78 is 43.9. The van der Waals surface area contributed by atoms with Crippen molar-refractivity contribution in [2.45, 2.75) is 25.2 Å². The molecule has 3 heterocycles. The Morgan fingerprint density at radius 3 is 2.55 bits per heavy atom. The Balaban J connectivity index is 1.74. The maximum absolute atomic E-state index is 13.0. The van der Waals surface area contributed by atoms with E-state index in [4.69, 9.17) is 10.5 Å². The first kappa shape index (κ1) is 23.0. The van der Waals surface area contributed by atoms with Gasteiger partial charge in [0.25, 0.3) is 5.91 Å². The lowest BCUT2D eigenvalue weighted by Crippen LogP contribution is -2.44. The number of likely N-dealkylation sites (N-methyl/N-ethyl adjacent to an activating group) is 1. The molecule has 0 radical (unpaired) electrons. The van der Waals surface area contributed by atoms with Gasteiger partial charge in [-0.1, -0.05) is 12.1 Å². The van der Waals surface area contributed by atoms with Crippen molar-refractivity contribution in [1.82, 2.24) is 24.6 Å². The fourth-order valence-electron chi connectivity index (χ4n) is 4.13. The Labute approximate surface area is 190 Å². The summed E-state index contributed by atoms with van der Waals surface area (Å²) in [6.07, 6.45) is 0. The summed E-state index contributed by atoms with van der Waals surface area (Å²) in [7, 11) is -0.269. The van der Waals surface area contributed by atoms with E-state index in [0.29, 0.717) is 34.3 Å². The van der Waals surface area contributed by atoms with Crippen LogP contribution in [-0.2, 0) is 39.7 Å². The van der Waals surface area contributed by atoms with Gasteiger partial charge in [-0.15, -0.1) is 4.28 Å². The van der Waals surface area contributed by atoms with Crippen molar-refractivity contribution in [3.63, 3.8) is 0 Å². The predicted molar refractivity (Wildman–Crippen MR) is 113 cm³/mol. The second kappa shape index (κ2) is 8.30. The van der Waals surface area contributed by atoms with Gasteiger partial charge in [0.2, 0.25) is 0 Å². The van der Waals surface area contributed by atoms with Gasteiger partial charge in [-0.2, -0.15) is 18.6 Å². The Morgan fingerprint density at radius 2 is 1.97 bits per heavy atom.